The van der Waals surface area contributed by atoms with Crippen molar-refractivity contribution in [2.45, 2.75) is 32.7 Å². The average molecular weight is 251 g/mol. The van der Waals surface area contributed by atoms with Crippen molar-refractivity contribution in [3.63, 3.8) is 0 Å². The van der Waals surface area contributed by atoms with Gasteiger partial charge in [-0.05, 0) is 26.2 Å². The molecular formula is C11H23ClN2O2. The van der Waals surface area contributed by atoms with Crippen LogP contribution in [0.15, 0.2) is 0 Å². The molecule has 5 heteroatoms. The highest BCUT2D eigenvalue weighted by Crippen LogP contribution is 2.19. The van der Waals surface area contributed by atoms with Crippen LogP contribution in [0.4, 0.5) is 0 Å². The topological polar surface area (TPSA) is 55.6 Å². The third-order valence-corrected chi connectivity index (χ3v) is 2.99. The van der Waals surface area contributed by atoms with Crippen molar-refractivity contribution >= 4 is 18.3 Å². The molecule has 1 rings (SSSR count). The molecule has 0 bridgehead atoms. The van der Waals surface area contributed by atoms with Crippen molar-refractivity contribution in [3.8, 4) is 0 Å². The number of carbonyl (C=O) groups is 1. The summed E-state index contributed by atoms with van der Waals surface area (Å²) in [5.41, 5.74) is 5.82. The number of rotatable bonds is 5. The van der Waals surface area contributed by atoms with Crippen molar-refractivity contribution < 1.29 is 9.53 Å². The summed E-state index contributed by atoms with van der Waals surface area (Å²) in [5.74, 6) is 0.674. The molecule has 16 heavy (non-hydrogen) atoms. The molecule has 0 aromatic heterocycles. The highest BCUT2D eigenvalue weighted by atomic mass is 35.5. The van der Waals surface area contributed by atoms with Crippen molar-refractivity contribution in [1.82, 2.24) is 4.90 Å². The van der Waals surface area contributed by atoms with Gasteiger partial charge >= 0.3 is 0 Å². The first-order valence-corrected chi connectivity index (χ1v) is 5.76. The molecule has 0 aliphatic carbocycles. The van der Waals surface area contributed by atoms with E-state index in [0.29, 0.717) is 25.6 Å². The highest BCUT2D eigenvalue weighted by Gasteiger charge is 2.27. The largest absolute Gasteiger partial charge is 0.381 e. The van der Waals surface area contributed by atoms with E-state index >= 15 is 0 Å². The minimum absolute atomic E-state index is 0. The van der Waals surface area contributed by atoms with E-state index in [9.17, 15) is 4.79 Å². The van der Waals surface area contributed by atoms with Gasteiger partial charge in [-0.25, -0.2) is 0 Å². The van der Waals surface area contributed by atoms with Gasteiger partial charge in [-0.3, -0.25) is 4.79 Å². The van der Waals surface area contributed by atoms with Crippen LogP contribution in [0.25, 0.3) is 0 Å². The molecule has 1 heterocycles. The number of amides is 1. The number of carbonyl (C=O) groups excluding carboxylic acids is 1. The number of likely N-dealkylation sites (tertiary alicyclic amines) is 1. The normalized spacial score (nSPS) is 21.7. The van der Waals surface area contributed by atoms with Crippen molar-refractivity contribution in [2.75, 3.05) is 26.3 Å². The van der Waals surface area contributed by atoms with E-state index in [1.807, 2.05) is 18.7 Å². The van der Waals surface area contributed by atoms with Gasteiger partial charge in [0.2, 0.25) is 5.91 Å². The number of hydrogen-bond donors (Lipinski definition) is 1. The maximum atomic E-state index is 11.7. The summed E-state index contributed by atoms with van der Waals surface area (Å²) in [6.07, 6.45) is 1.54. The van der Waals surface area contributed by atoms with Crippen LogP contribution in [0.1, 0.15) is 26.7 Å². The molecule has 0 radical (unpaired) electrons. The van der Waals surface area contributed by atoms with Crippen LogP contribution in [-0.4, -0.2) is 43.2 Å². The molecule has 0 saturated carbocycles. The van der Waals surface area contributed by atoms with Gasteiger partial charge in [-0.2, -0.15) is 0 Å². The molecular weight excluding hydrogens is 228 g/mol. The first-order valence-electron chi connectivity index (χ1n) is 5.76. The van der Waals surface area contributed by atoms with Gasteiger partial charge < -0.3 is 15.4 Å². The lowest BCUT2D eigenvalue weighted by molar-refractivity contribution is -0.131. The van der Waals surface area contributed by atoms with Gasteiger partial charge in [0.05, 0.1) is 13.0 Å². The zero-order valence-electron chi connectivity index (χ0n) is 10.1. The molecule has 1 aliphatic heterocycles. The van der Waals surface area contributed by atoms with Crippen molar-refractivity contribution in [2.24, 2.45) is 11.7 Å². The van der Waals surface area contributed by atoms with Gasteiger partial charge in [0, 0.05) is 25.7 Å². The number of nitrogens with zero attached hydrogens (tertiary/aromatic N) is 1. The van der Waals surface area contributed by atoms with Crippen LogP contribution in [0.3, 0.4) is 0 Å². The third kappa shape index (κ3) is 4.68. The Morgan fingerprint density at radius 3 is 2.81 bits per heavy atom. The first kappa shape index (κ1) is 15.7. The molecule has 96 valence electrons. The Hall–Kier alpha value is -0.320. The third-order valence-electron chi connectivity index (χ3n) is 2.99. The number of halogens is 1. The Morgan fingerprint density at radius 1 is 1.62 bits per heavy atom. The smallest absolute Gasteiger partial charge is 0.224 e. The van der Waals surface area contributed by atoms with E-state index < -0.39 is 0 Å². The molecule has 1 saturated heterocycles. The van der Waals surface area contributed by atoms with Gasteiger partial charge in [-0.1, -0.05) is 0 Å². The Morgan fingerprint density at radius 2 is 2.31 bits per heavy atom. The fourth-order valence-electron chi connectivity index (χ4n) is 1.90. The lowest BCUT2D eigenvalue weighted by atomic mass is 10.0. The predicted molar refractivity (Wildman–Crippen MR) is 66.7 cm³/mol. The Labute approximate surface area is 104 Å². The first-order chi connectivity index (χ1) is 7.15. The average Bonchev–Trinajstić information content (AvgIpc) is 2.66. The maximum Gasteiger partial charge on any atom is 0.224 e. The van der Waals surface area contributed by atoms with E-state index in [4.69, 9.17) is 10.5 Å². The van der Waals surface area contributed by atoms with Crippen LogP contribution in [0, 0.1) is 5.92 Å². The summed E-state index contributed by atoms with van der Waals surface area (Å²) in [4.78, 5) is 13.6. The highest BCUT2D eigenvalue weighted by molar-refractivity contribution is 5.85. The Bertz CT molecular complexity index is 212. The van der Waals surface area contributed by atoms with Gasteiger partial charge in [0.1, 0.15) is 0 Å². The van der Waals surface area contributed by atoms with Gasteiger partial charge in [-0.15, -0.1) is 12.4 Å². The summed E-state index contributed by atoms with van der Waals surface area (Å²) in [6, 6.07) is 0.190. The Kier molecular flexibility index (Phi) is 7.72. The zero-order valence-corrected chi connectivity index (χ0v) is 11.0. The molecule has 0 aromatic rings. The quantitative estimate of drug-likeness (QED) is 0.742. The summed E-state index contributed by atoms with van der Waals surface area (Å²) in [6.45, 7) is 6.84. The molecule has 1 amide bonds. The van der Waals surface area contributed by atoms with Crippen LogP contribution in [0.2, 0.25) is 0 Å². The molecule has 0 aromatic carbocycles. The second kappa shape index (κ2) is 7.87. The van der Waals surface area contributed by atoms with Gasteiger partial charge in [0.25, 0.3) is 0 Å². The number of nitrogens with two attached hydrogens (primary N) is 1. The fraction of sp³-hybridized carbons (Fsp3) is 0.909. The molecule has 2 unspecified atom stereocenters. The van der Waals surface area contributed by atoms with Crippen molar-refractivity contribution in [3.05, 3.63) is 0 Å². The second-order valence-corrected chi connectivity index (χ2v) is 4.19. The molecule has 2 atom stereocenters. The number of hydrogen-bond acceptors (Lipinski definition) is 3. The van der Waals surface area contributed by atoms with Crippen LogP contribution in [0.5, 0.6) is 0 Å². The number of ether oxygens (including phenoxy) is 1. The maximum absolute atomic E-state index is 11.7. The van der Waals surface area contributed by atoms with Crippen LogP contribution < -0.4 is 5.73 Å². The van der Waals surface area contributed by atoms with E-state index in [1.54, 1.807) is 0 Å². The molecule has 1 aliphatic rings. The predicted octanol–water partition coefficient (Wildman–Crippen LogP) is 1.03. The van der Waals surface area contributed by atoms with E-state index in [2.05, 4.69) is 0 Å². The molecule has 1 fully saturated rings. The summed E-state index contributed by atoms with van der Waals surface area (Å²) >= 11 is 0. The lowest BCUT2D eigenvalue weighted by Crippen LogP contribution is -2.33. The van der Waals surface area contributed by atoms with Crippen LogP contribution in [-0.2, 0) is 9.53 Å². The lowest BCUT2D eigenvalue weighted by Gasteiger charge is -2.18. The van der Waals surface area contributed by atoms with Crippen LogP contribution >= 0.6 is 12.4 Å². The molecule has 0 spiro atoms. The van der Waals surface area contributed by atoms with E-state index in [0.717, 1.165) is 19.5 Å². The fourth-order valence-corrected chi connectivity index (χ4v) is 1.90. The van der Waals surface area contributed by atoms with E-state index in [-0.39, 0.29) is 24.4 Å². The summed E-state index contributed by atoms with van der Waals surface area (Å²) < 4.78 is 5.17. The van der Waals surface area contributed by atoms with E-state index in [1.165, 1.54) is 0 Å². The minimum atomic E-state index is 0. The summed E-state index contributed by atoms with van der Waals surface area (Å²) in [5, 5.41) is 0. The summed E-state index contributed by atoms with van der Waals surface area (Å²) in [7, 11) is 0. The second-order valence-electron chi connectivity index (χ2n) is 4.19. The molecule has 4 nitrogen and oxygen atoms in total. The Balaban J connectivity index is 0.00000225. The van der Waals surface area contributed by atoms with Gasteiger partial charge in [0.15, 0.2) is 0 Å². The molecule has 2 N–H and O–H groups in total. The zero-order chi connectivity index (χ0) is 11.3. The van der Waals surface area contributed by atoms with Crippen molar-refractivity contribution in [1.29, 1.82) is 0 Å². The SMILES string of the molecule is CCOCCC(=O)N1CCC(C(C)N)C1.Cl. The standard InChI is InChI=1S/C11H22N2O2.ClH/c1-3-15-7-5-11(14)13-6-4-10(8-13)9(2)12;/h9-10H,3-8,12H2,1-2H3;1H. The monoisotopic (exact) mass is 250 g/mol. The minimum Gasteiger partial charge on any atom is -0.381 e.